The number of anilines is 2. The molecule has 1 unspecified atom stereocenters. The maximum Gasteiger partial charge on any atom is 0.294 e. The molecule has 0 bridgehead atoms. The molecule has 0 fully saturated rings. The first-order valence-corrected chi connectivity index (χ1v) is 9.54. The van der Waals surface area contributed by atoms with Gasteiger partial charge in [0.05, 0.1) is 23.8 Å². The summed E-state index contributed by atoms with van der Waals surface area (Å²) in [7, 11) is 0. The van der Waals surface area contributed by atoms with Gasteiger partial charge in [-0.05, 0) is 18.6 Å². The van der Waals surface area contributed by atoms with Gasteiger partial charge in [-0.1, -0.05) is 23.5 Å². The Morgan fingerprint density at radius 3 is 3.17 bits per heavy atom. The van der Waals surface area contributed by atoms with Crippen LogP contribution in [0.1, 0.15) is 17.0 Å². The molecule has 29 heavy (non-hydrogen) atoms. The first-order valence-electron chi connectivity index (χ1n) is 8.72. The van der Waals surface area contributed by atoms with Crippen LogP contribution in [0.5, 0.6) is 0 Å². The van der Waals surface area contributed by atoms with E-state index in [-0.39, 0.29) is 11.8 Å². The topological polar surface area (TPSA) is 135 Å². The highest BCUT2D eigenvalue weighted by Gasteiger charge is 2.14. The highest BCUT2D eigenvalue weighted by atomic mass is 32.1. The van der Waals surface area contributed by atoms with E-state index in [1.807, 2.05) is 6.07 Å². The zero-order valence-corrected chi connectivity index (χ0v) is 15.7. The van der Waals surface area contributed by atoms with Crippen molar-refractivity contribution in [2.24, 2.45) is 0 Å². The number of hydrogen-bond donors (Lipinski definition) is 3. The van der Waals surface area contributed by atoms with E-state index in [4.69, 9.17) is 4.42 Å². The van der Waals surface area contributed by atoms with E-state index in [1.54, 1.807) is 18.5 Å². The normalized spacial score (nSPS) is 15.1. The molecule has 11 heteroatoms. The fraction of sp³-hybridized carbons (Fsp3) is 0.111. The summed E-state index contributed by atoms with van der Waals surface area (Å²) in [5.74, 6) is 0.0757. The Balaban J connectivity index is 1.31. The first kappa shape index (κ1) is 17.3. The summed E-state index contributed by atoms with van der Waals surface area (Å²) >= 11 is 1.43. The Morgan fingerprint density at radius 2 is 2.28 bits per heavy atom. The summed E-state index contributed by atoms with van der Waals surface area (Å²) in [4.78, 5) is 20.0. The molecule has 144 valence electrons. The molecule has 4 heterocycles. The van der Waals surface area contributed by atoms with Gasteiger partial charge in [0.1, 0.15) is 10.8 Å². The van der Waals surface area contributed by atoms with Crippen LogP contribution in [0.2, 0.25) is 0 Å². The summed E-state index contributed by atoms with van der Waals surface area (Å²) in [6.45, 7) is 0. The van der Waals surface area contributed by atoms with Crippen molar-refractivity contribution in [1.82, 2.24) is 30.4 Å². The Hall–Kier alpha value is -3.86. The lowest BCUT2D eigenvalue weighted by atomic mass is 10.1. The summed E-state index contributed by atoms with van der Waals surface area (Å²) in [5.41, 5.74) is 0.801. The maximum atomic E-state index is 12.1. The van der Waals surface area contributed by atoms with Crippen molar-refractivity contribution in [3.8, 4) is 10.6 Å². The fourth-order valence-electron chi connectivity index (χ4n) is 2.93. The molecule has 0 saturated carbocycles. The van der Waals surface area contributed by atoms with E-state index < -0.39 is 5.91 Å². The van der Waals surface area contributed by atoms with E-state index in [0.717, 1.165) is 22.6 Å². The number of pyridine rings is 1. The molecule has 0 aromatic carbocycles. The molecule has 0 aliphatic heterocycles. The number of carbonyl (C=O) groups is 1. The lowest BCUT2D eigenvalue weighted by molar-refractivity contribution is 0.0996. The Bertz CT molecular complexity index is 1280. The summed E-state index contributed by atoms with van der Waals surface area (Å²) < 4.78 is 4.98. The molecule has 4 aromatic heterocycles. The van der Waals surface area contributed by atoms with E-state index in [2.05, 4.69) is 53.1 Å². The number of nitrogens with one attached hydrogen (secondary N) is 3. The zero-order valence-electron chi connectivity index (χ0n) is 14.9. The van der Waals surface area contributed by atoms with E-state index in [1.165, 1.54) is 23.9 Å². The number of aromatic nitrogens is 6. The Morgan fingerprint density at radius 1 is 1.31 bits per heavy atom. The molecular formula is C18H14N8O2S. The van der Waals surface area contributed by atoms with Crippen molar-refractivity contribution in [3.05, 3.63) is 53.4 Å². The third kappa shape index (κ3) is 3.62. The molecule has 5 rings (SSSR count). The second-order valence-corrected chi connectivity index (χ2v) is 7.24. The third-order valence-corrected chi connectivity index (χ3v) is 5.20. The van der Waals surface area contributed by atoms with Gasteiger partial charge in [-0.3, -0.25) is 9.89 Å². The number of oxazole rings is 1. The minimum atomic E-state index is -0.422. The highest BCUT2D eigenvalue weighted by Crippen LogP contribution is 2.28. The summed E-state index contributed by atoms with van der Waals surface area (Å²) in [6.07, 6.45) is 11.0. The van der Waals surface area contributed by atoms with Crippen molar-refractivity contribution in [2.45, 2.75) is 12.5 Å². The van der Waals surface area contributed by atoms with Crippen LogP contribution in [-0.4, -0.2) is 42.3 Å². The maximum absolute atomic E-state index is 12.1. The first-order chi connectivity index (χ1) is 14.2. The number of amides is 1. The van der Waals surface area contributed by atoms with E-state index >= 15 is 0 Å². The molecule has 1 aliphatic rings. The smallest absolute Gasteiger partial charge is 0.294 e. The SMILES string of the molecule is O=C(Nc1cc(-c2nnc(NC3C=c4cn[nH]c4=CC3)s2)ccn1)c1cnco1. The van der Waals surface area contributed by atoms with Gasteiger partial charge in [0.15, 0.2) is 6.39 Å². The third-order valence-electron chi connectivity index (χ3n) is 4.29. The van der Waals surface area contributed by atoms with E-state index in [0.29, 0.717) is 16.0 Å². The second-order valence-electron chi connectivity index (χ2n) is 6.26. The van der Waals surface area contributed by atoms with Crippen LogP contribution in [0.25, 0.3) is 22.7 Å². The molecular weight excluding hydrogens is 392 g/mol. The van der Waals surface area contributed by atoms with Crippen molar-refractivity contribution in [2.75, 3.05) is 10.6 Å². The molecule has 3 N–H and O–H groups in total. The predicted octanol–water partition coefficient (Wildman–Crippen LogP) is 1.01. The van der Waals surface area contributed by atoms with Gasteiger partial charge in [-0.2, -0.15) is 5.10 Å². The molecule has 4 aromatic rings. The lowest BCUT2D eigenvalue weighted by Crippen LogP contribution is -2.32. The number of H-pyrrole nitrogens is 1. The molecule has 0 saturated heterocycles. The molecule has 0 radical (unpaired) electrons. The Kier molecular flexibility index (Phi) is 4.33. The Labute approximate surface area is 167 Å². The van der Waals surface area contributed by atoms with Gasteiger partial charge in [-0.15, -0.1) is 10.2 Å². The highest BCUT2D eigenvalue weighted by molar-refractivity contribution is 7.18. The largest absolute Gasteiger partial charge is 0.438 e. The lowest BCUT2D eigenvalue weighted by Gasteiger charge is -2.13. The van der Waals surface area contributed by atoms with Gasteiger partial charge in [0, 0.05) is 17.0 Å². The van der Waals surface area contributed by atoms with Crippen LogP contribution in [-0.2, 0) is 0 Å². The van der Waals surface area contributed by atoms with Crippen LogP contribution in [0, 0.1) is 0 Å². The standard InChI is InChI=1S/C18H14N8O2S/c27-16(14-8-19-9-28-14)23-15-6-10(3-4-20-15)17-25-26-18(29-17)22-12-1-2-13-11(5-12)7-21-24-13/h2-9,12,24H,1H2,(H,22,26)(H,20,23,27). The molecule has 10 nitrogen and oxygen atoms in total. The van der Waals surface area contributed by atoms with Crippen LogP contribution >= 0.6 is 11.3 Å². The van der Waals surface area contributed by atoms with Gasteiger partial charge in [-0.25, -0.2) is 9.97 Å². The van der Waals surface area contributed by atoms with Crippen LogP contribution in [0.3, 0.4) is 0 Å². The zero-order chi connectivity index (χ0) is 19.6. The van der Waals surface area contributed by atoms with Crippen LogP contribution < -0.4 is 21.2 Å². The molecule has 1 aliphatic carbocycles. The minimum Gasteiger partial charge on any atom is -0.438 e. The quantitative estimate of drug-likeness (QED) is 0.447. The van der Waals surface area contributed by atoms with Crippen LogP contribution in [0.4, 0.5) is 10.9 Å². The van der Waals surface area contributed by atoms with Gasteiger partial charge >= 0.3 is 0 Å². The second kappa shape index (κ2) is 7.28. The monoisotopic (exact) mass is 406 g/mol. The average molecular weight is 406 g/mol. The number of fused-ring (bicyclic) bond motifs is 1. The predicted molar refractivity (Wildman–Crippen MR) is 106 cm³/mol. The van der Waals surface area contributed by atoms with Gasteiger partial charge < -0.3 is 15.1 Å². The van der Waals surface area contributed by atoms with Crippen LogP contribution in [0.15, 0.2) is 41.5 Å². The molecule has 1 atom stereocenters. The van der Waals surface area contributed by atoms with Crippen molar-refractivity contribution in [1.29, 1.82) is 0 Å². The number of rotatable bonds is 5. The van der Waals surface area contributed by atoms with Crippen molar-refractivity contribution >= 4 is 40.3 Å². The molecule has 0 spiro atoms. The number of aromatic amines is 1. The van der Waals surface area contributed by atoms with Crippen molar-refractivity contribution < 1.29 is 9.21 Å². The number of nitrogens with zero attached hydrogens (tertiary/aromatic N) is 5. The number of hydrogen-bond acceptors (Lipinski definition) is 9. The van der Waals surface area contributed by atoms with Gasteiger partial charge in [0.25, 0.3) is 5.91 Å². The summed E-state index contributed by atoms with van der Waals surface area (Å²) in [6, 6.07) is 3.67. The van der Waals surface area contributed by atoms with Gasteiger partial charge in [0.2, 0.25) is 10.9 Å². The molecule has 1 amide bonds. The summed E-state index contributed by atoms with van der Waals surface area (Å²) in [5, 5.41) is 25.1. The minimum absolute atomic E-state index is 0.112. The average Bonchev–Trinajstić information content (AvgIpc) is 3.49. The van der Waals surface area contributed by atoms with Crippen molar-refractivity contribution in [3.63, 3.8) is 0 Å². The fourth-order valence-corrected chi connectivity index (χ4v) is 3.73. The van der Waals surface area contributed by atoms with E-state index in [9.17, 15) is 4.79 Å². The number of carbonyl (C=O) groups excluding carboxylic acids is 1.